The van der Waals surface area contributed by atoms with Crippen molar-refractivity contribution in [1.82, 2.24) is 0 Å². The molecule has 0 atom stereocenters. The Kier molecular flexibility index (Phi) is 4.39. The van der Waals surface area contributed by atoms with Gasteiger partial charge in [0.2, 0.25) is 0 Å². The first-order valence-electron chi connectivity index (χ1n) is 3.08. The van der Waals surface area contributed by atoms with E-state index in [4.69, 9.17) is 10.6 Å². The summed E-state index contributed by atoms with van der Waals surface area (Å²) in [6, 6.07) is 6.32. The van der Waals surface area contributed by atoms with Crippen LogP contribution in [0.3, 0.4) is 0 Å². The number of hydrogen-bond donors (Lipinski definition) is 1. The van der Waals surface area contributed by atoms with Crippen molar-refractivity contribution in [2.45, 2.75) is 0 Å². The van der Waals surface area contributed by atoms with E-state index in [1.807, 2.05) is 0 Å². The van der Waals surface area contributed by atoms with Crippen LogP contribution in [0.25, 0.3) is 0 Å². The summed E-state index contributed by atoms with van der Waals surface area (Å²) >= 11 is 0. The van der Waals surface area contributed by atoms with Crippen molar-refractivity contribution in [2.24, 2.45) is 5.84 Å². The van der Waals surface area contributed by atoms with Gasteiger partial charge in [-0.2, -0.15) is 0 Å². The Labute approximate surface area is 76.2 Å². The van der Waals surface area contributed by atoms with Crippen molar-refractivity contribution in [2.75, 3.05) is 12.3 Å². The zero-order chi connectivity index (χ0) is 8.27. The maximum absolute atomic E-state index is 12.2. The zero-order valence-corrected chi connectivity index (χ0v) is 7.34. The number of hydrazine groups is 1. The molecule has 0 saturated carbocycles. The Balaban J connectivity index is 0.00000121. The molecule has 12 heavy (non-hydrogen) atoms. The van der Waals surface area contributed by atoms with Gasteiger partial charge in [-0.25, -0.2) is 5.84 Å². The number of benzene rings is 1. The minimum absolute atomic E-state index is 0. The summed E-state index contributed by atoms with van der Waals surface area (Å²) in [6.07, 6.45) is 0. The number of anilines is 1. The lowest BCUT2D eigenvalue weighted by molar-refractivity contribution is 0.413. The van der Waals surface area contributed by atoms with E-state index >= 15 is 0 Å². The molecule has 1 rings (SSSR count). The van der Waals surface area contributed by atoms with Crippen LogP contribution in [0.15, 0.2) is 24.3 Å². The second-order valence-electron chi connectivity index (χ2n) is 2.01. The highest BCUT2D eigenvalue weighted by molar-refractivity contribution is 5.85. The fourth-order valence-corrected chi connectivity index (χ4v) is 0.725. The van der Waals surface area contributed by atoms with Crippen LogP contribution in [-0.2, 0) is 0 Å². The van der Waals surface area contributed by atoms with Crippen molar-refractivity contribution in [3.8, 4) is 5.75 Å². The predicted octanol–water partition coefficient (Wildman–Crippen LogP) is 1.68. The highest BCUT2D eigenvalue weighted by Crippen LogP contribution is 2.16. The fourth-order valence-electron chi connectivity index (χ4n) is 0.725. The van der Waals surface area contributed by atoms with Gasteiger partial charge in [0.05, 0.1) is 12.8 Å². The van der Waals surface area contributed by atoms with Crippen molar-refractivity contribution in [3.05, 3.63) is 24.3 Å². The van der Waals surface area contributed by atoms with Crippen LogP contribution < -0.4 is 15.8 Å². The zero-order valence-electron chi connectivity index (χ0n) is 6.53. The summed E-state index contributed by atoms with van der Waals surface area (Å²) in [4.78, 5) is 0. The molecule has 3 nitrogen and oxygen atoms in total. The maximum Gasteiger partial charge on any atom is 0.119 e. The number of hydrogen-bond acceptors (Lipinski definition) is 3. The van der Waals surface area contributed by atoms with E-state index in [9.17, 15) is 4.48 Å². The molecule has 5 heteroatoms. The van der Waals surface area contributed by atoms with E-state index in [2.05, 4.69) is 0 Å². The van der Waals surface area contributed by atoms with Gasteiger partial charge in [0.25, 0.3) is 0 Å². The molecule has 0 saturated heterocycles. The van der Waals surface area contributed by atoms with Crippen LogP contribution in [0.5, 0.6) is 5.75 Å². The summed E-state index contributed by atoms with van der Waals surface area (Å²) < 4.78 is 17.1. The highest BCUT2D eigenvalue weighted by Gasteiger charge is 1.97. The van der Waals surface area contributed by atoms with Gasteiger partial charge in [0.1, 0.15) is 5.75 Å². The molecular formula is C7H10ClFN2O. The Hall–Kier alpha value is -1.00. The van der Waals surface area contributed by atoms with Gasteiger partial charge in [-0.05, 0) is 24.3 Å². The van der Waals surface area contributed by atoms with Crippen LogP contribution in [0, 0.1) is 0 Å². The molecule has 0 aromatic heterocycles. The van der Waals surface area contributed by atoms with E-state index in [1.54, 1.807) is 19.2 Å². The molecule has 0 aliphatic rings. The summed E-state index contributed by atoms with van der Waals surface area (Å²) in [5.74, 6) is 5.51. The molecule has 0 aliphatic carbocycles. The molecule has 0 heterocycles. The molecule has 0 aliphatic heterocycles. The largest absolute Gasteiger partial charge is 0.497 e. The lowest BCUT2D eigenvalue weighted by atomic mass is 10.3. The molecule has 1 aromatic carbocycles. The number of halogens is 2. The Bertz CT molecular complexity index is 227. The third-order valence-electron chi connectivity index (χ3n) is 1.32. The van der Waals surface area contributed by atoms with Crippen molar-refractivity contribution in [3.63, 3.8) is 0 Å². The second kappa shape index (κ2) is 4.79. The lowest BCUT2D eigenvalue weighted by Gasteiger charge is -2.06. The van der Waals surface area contributed by atoms with Crippen LogP contribution in [0.1, 0.15) is 0 Å². The quantitative estimate of drug-likeness (QED) is 0.440. The molecule has 0 fully saturated rings. The van der Waals surface area contributed by atoms with E-state index in [-0.39, 0.29) is 17.6 Å². The maximum atomic E-state index is 12.2. The first kappa shape index (κ1) is 11.0. The van der Waals surface area contributed by atoms with Gasteiger partial charge >= 0.3 is 0 Å². The van der Waals surface area contributed by atoms with E-state index in [0.717, 1.165) is 0 Å². The standard InChI is InChI=1S/C7H9FN2O.ClH/c1-11-7-4-2-6(3-5-7)10(8)9;/h2-5H,9H2,1H3;1H. The van der Waals surface area contributed by atoms with Crippen molar-refractivity contribution >= 4 is 18.1 Å². The van der Waals surface area contributed by atoms with Gasteiger partial charge in [0, 0.05) is 0 Å². The molecule has 0 amide bonds. The summed E-state index contributed by atoms with van der Waals surface area (Å²) in [5, 5.41) is 0.0550. The first-order valence-corrected chi connectivity index (χ1v) is 3.08. The van der Waals surface area contributed by atoms with Crippen LogP contribution in [0.2, 0.25) is 0 Å². The summed E-state index contributed by atoms with van der Waals surface area (Å²) in [5.41, 5.74) is 0.297. The number of ether oxygens (including phenoxy) is 1. The predicted molar refractivity (Wildman–Crippen MR) is 48.0 cm³/mol. The van der Waals surface area contributed by atoms with E-state index < -0.39 is 0 Å². The first-order chi connectivity index (χ1) is 5.24. The molecular weight excluding hydrogens is 183 g/mol. The number of methoxy groups -OCH3 is 1. The molecule has 0 unspecified atom stereocenters. The van der Waals surface area contributed by atoms with E-state index in [0.29, 0.717) is 11.4 Å². The fraction of sp³-hybridized carbons (Fsp3) is 0.143. The molecule has 1 aromatic rings. The number of rotatable bonds is 2. The van der Waals surface area contributed by atoms with Crippen LogP contribution >= 0.6 is 12.4 Å². The normalized spacial score (nSPS) is 8.58. The minimum atomic E-state index is 0. The number of nitrogens with zero attached hydrogens (tertiary/aromatic N) is 1. The molecule has 68 valence electrons. The van der Waals surface area contributed by atoms with Gasteiger partial charge < -0.3 is 4.74 Å². The molecule has 0 bridgehead atoms. The average Bonchev–Trinajstić information content (AvgIpc) is 2.05. The van der Waals surface area contributed by atoms with Crippen molar-refractivity contribution in [1.29, 1.82) is 0 Å². The van der Waals surface area contributed by atoms with Crippen LogP contribution in [-0.4, -0.2) is 7.11 Å². The Morgan fingerprint density at radius 1 is 1.33 bits per heavy atom. The third kappa shape index (κ3) is 2.56. The molecule has 0 spiro atoms. The average molecular weight is 193 g/mol. The number of nitrogens with two attached hydrogens (primary N) is 1. The second-order valence-corrected chi connectivity index (χ2v) is 2.01. The topological polar surface area (TPSA) is 38.5 Å². The molecule has 0 radical (unpaired) electrons. The van der Waals surface area contributed by atoms with Crippen LogP contribution in [0.4, 0.5) is 10.2 Å². The lowest BCUT2D eigenvalue weighted by Crippen LogP contribution is -2.19. The minimum Gasteiger partial charge on any atom is -0.497 e. The van der Waals surface area contributed by atoms with E-state index in [1.165, 1.54) is 12.1 Å². The highest BCUT2D eigenvalue weighted by atomic mass is 35.5. The Morgan fingerprint density at radius 3 is 2.17 bits per heavy atom. The monoisotopic (exact) mass is 192 g/mol. The third-order valence-corrected chi connectivity index (χ3v) is 1.32. The smallest absolute Gasteiger partial charge is 0.119 e. The summed E-state index contributed by atoms with van der Waals surface area (Å²) in [7, 11) is 1.55. The van der Waals surface area contributed by atoms with Gasteiger partial charge in [-0.3, -0.25) is 0 Å². The van der Waals surface area contributed by atoms with Gasteiger partial charge in [-0.1, -0.05) is 4.48 Å². The summed E-state index contributed by atoms with van der Waals surface area (Å²) in [6.45, 7) is 0. The molecule has 2 N–H and O–H groups in total. The van der Waals surface area contributed by atoms with Gasteiger partial charge in [0.15, 0.2) is 0 Å². The van der Waals surface area contributed by atoms with Gasteiger partial charge in [-0.15, -0.1) is 17.6 Å². The SMILES string of the molecule is COc1ccc(N(N)F)cc1.Cl. The Morgan fingerprint density at radius 2 is 1.83 bits per heavy atom. The van der Waals surface area contributed by atoms with Crippen molar-refractivity contribution < 1.29 is 9.22 Å².